The summed E-state index contributed by atoms with van der Waals surface area (Å²) in [6.07, 6.45) is 4.76. The summed E-state index contributed by atoms with van der Waals surface area (Å²) >= 11 is 1.60. The average molecular weight is 337 g/mol. The number of aryl methyl sites for hydroxylation is 2. The van der Waals surface area contributed by atoms with Crippen LogP contribution < -0.4 is 5.32 Å². The molecule has 0 aliphatic heterocycles. The zero-order valence-electron chi connectivity index (χ0n) is 13.7. The second kappa shape index (κ2) is 7.36. The van der Waals surface area contributed by atoms with Crippen LogP contribution in [-0.2, 0) is 11.2 Å². The van der Waals surface area contributed by atoms with E-state index in [9.17, 15) is 4.79 Å². The van der Waals surface area contributed by atoms with E-state index >= 15 is 0 Å². The Hall–Kier alpha value is -2.53. The highest BCUT2D eigenvalue weighted by atomic mass is 32.1. The molecule has 2 heterocycles. The van der Waals surface area contributed by atoms with E-state index in [2.05, 4.69) is 29.4 Å². The van der Waals surface area contributed by atoms with E-state index in [0.29, 0.717) is 12.8 Å². The third kappa shape index (κ3) is 4.06. The van der Waals surface area contributed by atoms with Crippen LogP contribution in [0.5, 0.6) is 0 Å². The number of nitrogens with zero attached hydrogens (tertiary/aromatic N) is 2. The van der Waals surface area contributed by atoms with Gasteiger partial charge in [0.25, 0.3) is 0 Å². The molecule has 0 aliphatic rings. The lowest BCUT2D eigenvalue weighted by Crippen LogP contribution is -1.94. The van der Waals surface area contributed by atoms with Gasteiger partial charge in [-0.3, -0.25) is 4.98 Å². The van der Waals surface area contributed by atoms with Crippen LogP contribution >= 0.6 is 11.3 Å². The highest BCUT2D eigenvalue weighted by Crippen LogP contribution is 2.33. The van der Waals surface area contributed by atoms with Crippen molar-refractivity contribution in [2.45, 2.75) is 26.7 Å². The summed E-state index contributed by atoms with van der Waals surface area (Å²) in [5.41, 5.74) is 4.17. The molecule has 0 unspecified atom stereocenters. The van der Waals surface area contributed by atoms with Crippen LogP contribution in [-0.4, -0.2) is 15.8 Å². The third-order valence-electron chi connectivity index (χ3n) is 3.62. The Morgan fingerprint density at radius 3 is 2.71 bits per heavy atom. The van der Waals surface area contributed by atoms with Crippen molar-refractivity contribution in [1.82, 2.24) is 9.97 Å². The quantitative estimate of drug-likeness (QED) is 0.703. The normalized spacial score (nSPS) is 10.6. The number of nitrogens with one attached hydrogen (secondary N) is 1. The van der Waals surface area contributed by atoms with Crippen LogP contribution in [0.3, 0.4) is 0 Å². The van der Waals surface area contributed by atoms with Gasteiger partial charge < -0.3 is 10.1 Å². The number of Topliss-reactive ketones (excluding diaryl/α,β-unsaturated/α-hetero) is 1. The van der Waals surface area contributed by atoms with Crippen LogP contribution in [0, 0.1) is 6.92 Å². The van der Waals surface area contributed by atoms with Crippen LogP contribution in [0.1, 0.15) is 23.8 Å². The molecule has 0 aliphatic carbocycles. The number of ketones is 1. The second-order valence-corrected chi connectivity index (χ2v) is 6.81. The summed E-state index contributed by atoms with van der Waals surface area (Å²) in [7, 11) is 0. The molecule has 0 atom stereocenters. The van der Waals surface area contributed by atoms with Gasteiger partial charge >= 0.3 is 0 Å². The SMILES string of the molecule is CC(=O)CCc1sc(Nc2cccc(C)c2)nc1-c1ccncc1. The summed E-state index contributed by atoms with van der Waals surface area (Å²) in [5, 5.41) is 4.21. The maximum absolute atomic E-state index is 11.4. The molecule has 0 amide bonds. The van der Waals surface area contributed by atoms with E-state index in [4.69, 9.17) is 4.98 Å². The Morgan fingerprint density at radius 2 is 2.00 bits per heavy atom. The number of carbonyl (C=O) groups excluding carboxylic acids is 1. The van der Waals surface area contributed by atoms with Crippen molar-refractivity contribution < 1.29 is 4.79 Å². The van der Waals surface area contributed by atoms with Crippen molar-refractivity contribution in [3.8, 4) is 11.3 Å². The molecule has 3 aromatic rings. The minimum absolute atomic E-state index is 0.192. The molecular weight excluding hydrogens is 318 g/mol. The fraction of sp³-hybridized carbons (Fsp3) is 0.211. The number of hydrogen-bond acceptors (Lipinski definition) is 5. The number of thiazole rings is 1. The van der Waals surface area contributed by atoms with Gasteiger partial charge in [0.05, 0.1) is 5.69 Å². The van der Waals surface area contributed by atoms with E-state index in [-0.39, 0.29) is 5.78 Å². The Kier molecular flexibility index (Phi) is 5.01. The number of rotatable bonds is 6. The maximum atomic E-state index is 11.4. The topological polar surface area (TPSA) is 54.9 Å². The van der Waals surface area contributed by atoms with E-state index < -0.39 is 0 Å². The molecule has 3 rings (SSSR count). The summed E-state index contributed by atoms with van der Waals surface area (Å²) < 4.78 is 0. The highest BCUT2D eigenvalue weighted by molar-refractivity contribution is 7.16. The first-order chi connectivity index (χ1) is 11.6. The van der Waals surface area contributed by atoms with Crippen LogP contribution in [0.15, 0.2) is 48.8 Å². The monoisotopic (exact) mass is 337 g/mol. The van der Waals surface area contributed by atoms with Crippen LogP contribution in [0.4, 0.5) is 10.8 Å². The van der Waals surface area contributed by atoms with Gasteiger partial charge in [-0.25, -0.2) is 4.98 Å². The third-order valence-corrected chi connectivity index (χ3v) is 4.66. The molecule has 0 fully saturated rings. The minimum atomic E-state index is 0.192. The average Bonchev–Trinajstić information content (AvgIpc) is 2.96. The summed E-state index contributed by atoms with van der Waals surface area (Å²) in [6, 6.07) is 12.1. The Labute approximate surface area is 145 Å². The fourth-order valence-corrected chi connectivity index (χ4v) is 3.45. The first-order valence-electron chi connectivity index (χ1n) is 7.85. The van der Waals surface area contributed by atoms with Crippen molar-refractivity contribution in [2.75, 3.05) is 5.32 Å². The summed E-state index contributed by atoms with van der Waals surface area (Å²) in [4.78, 5) is 21.3. The Morgan fingerprint density at radius 1 is 1.21 bits per heavy atom. The zero-order valence-corrected chi connectivity index (χ0v) is 14.6. The molecule has 0 saturated carbocycles. The van der Waals surface area contributed by atoms with Gasteiger partial charge in [0, 0.05) is 34.9 Å². The smallest absolute Gasteiger partial charge is 0.187 e. The lowest BCUT2D eigenvalue weighted by molar-refractivity contribution is -0.116. The lowest BCUT2D eigenvalue weighted by Gasteiger charge is -2.02. The van der Waals surface area contributed by atoms with Crippen LogP contribution in [0.25, 0.3) is 11.3 Å². The van der Waals surface area contributed by atoms with Crippen molar-refractivity contribution in [3.05, 3.63) is 59.2 Å². The first kappa shape index (κ1) is 16.3. The zero-order chi connectivity index (χ0) is 16.9. The molecule has 1 N–H and O–H groups in total. The van der Waals surface area contributed by atoms with Crippen molar-refractivity contribution in [1.29, 1.82) is 0 Å². The summed E-state index contributed by atoms with van der Waals surface area (Å²) in [6.45, 7) is 3.69. The van der Waals surface area contributed by atoms with E-state index in [0.717, 1.165) is 27.0 Å². The maximum Gasteiger partial charge on any atom is 0.187 e. The minimum Gasteiger partial charge on any atom is -0.332 e. The highest BCUT2D eigenvalue weighted by Gasteiger charge is 2.14. The van der Waals surface area contributed by atoms with Crippen molar-refractivity contribution in [3.63, 3.8) is 0 Å². The van der Waals surface area contributed by atoms with E-state index in [1.807, 2.05) is 24.3 Å². The summed E-state index contributed by atoms with van der Waals surface area (Å²) in [5.74, 6) is 0.192. The van der Waals surface area contributed by atoms with Gasteiger partial charge in [-0.1, -0.05) is 12.1 Å². The number of benzene rings is 1. The molecule has 24 heavy (non-hydrogen) atoms. The molecule has 5 heteroatoms. The Balaban J connectivity index is 1.91. The number of hydrogen-bond donors (Lipinski definition) is 1. The molecule has 2 aromatic heterocycles. The van der Waals surface area contributed by atoms with Crippen molar-refractivity contribution >= 4 is 27.9 Å². The molecule has 0 saturated heterocycles. The first-order valence-corrected chi connectivity index (χ1v) is 8.66. The number of aromatic nitrogens is 2. The molecule has 4 nitrogen and oxygen atoms in total. The van der Waals surface area contributed by atoms with Gasteiger partial charge in [-0.2, -0.15) is 0 Å². The van der Waals surface area contributed by atoms with Gasteiger partial charge in [0.2, 0.25) is 0 Å². The largest absolute Gasteiger partial charge is 0.332 e. The molecule has 1 aromatic carbocycles. The van der Waals surface area contributed by atoms with Gasteiger partial charge in [-0.15, -0.1) is 11.3 Å². The number of carbonyl (C=O) groups is 1. The second-order valence-electron chi connectivity index (χ2n) is 5.72. The predicted molar refractivity (Wildman–Crippen MR) is 98.8 cm³/mol. The van der Waals surface area contributed by atoms with Gasteiger partial charge in [0.15, 0.2) is 5.13 Å². The lowest BCUT2D eigenvalue weighted by atomic mass is 10.1. The Bertz CT molecular complexity index is 843. The molecule has 0 bridgehead atoms. The van der Waals surface area contributed by atoms with Crippen LogP contribution in [0.2, 0.25) is 0 Å². The van der Waals surface area contributed by atoms with Crippen molar-refractivity contribution in [2.24, 2.45) is 0 Å². The standard InChI is InChI=1S/C19H19N3OS/c1-13-4-3-5-16(12-13)21-19-22-18(15-8-10-20-11-9-15)17(24-19)7-6-14(2)23/h3-5,8-12H,6-7H2,1-2H3,(H,21,22). The number of pyridine rings is 1. The number of anilines is 2. The predicted octanol–water partition coefficient (Wildman–Crippen LogP) is 4.78. The van der Waals surface area contributed by atoms with E-state index in [1.54, 1.807) is 30.7 Å². The van der Waals surface area contributed by atoms with E-state index in [1.165, 1.54) is 5.56 Å². The fourth-order valence-electron chi connectivity index (χ4n) is 2.45. The molecule has 122 valence electrons. The van der Waals surface area contributed by atoms with Gasteiger partial charge in [-0.05, 0) is 50.1 Å². The molecular formula is C19H19N3OS. The molecule has 0 spiro atoms. The molecule has 0 radical (unpaired) electrons. The van der Waals surface area contributed by atoms with Gasteiger partial charge in [0.1, 0.15) is 5.78 Å².